The zero-order valence-corrected chi connectivity index (χ0v) is 23.4. The second-order valence-electron chi connectivity index (χ2n) is 10.6. The van der Waals surface area contributed by atoms with Gasteiger partial charge in [-0.05, 0) is 69.9 Å². The molecular formula is C30H39N5O3. The Labute approximate surface area is 225 Å². The first-order valence-electron chi connectivity index (χ1n) is 13.1. The first-order valence-corrected chi connectivity index (χ1v) is 13.1. The second kappa shape index (κ2) is 10.8. The van der Waals surface area contributed by atoms with E-state index in [1.807, 2.05) is 47.7 Å². The Bertz CT molecular complexity index is 1310. The fraction of sp³-hybridized carbons (Fsp3) is 0.400. The average molecular weight is 518 g/mol. The highest BCUT2D eigenvalue weighted by atomic mass is 16.6. The van der Waals surface area contributed by atoms with Gasteiger partial charge in [-0.3, -0.25) is 0 Å². The summed E-state index contributed by atoms with van der Waals surface area (Å²) in [6.45, 7) is 19.9. The van der Waals surface area contributed by atoms with Crippen molar-refractivity contribution in [2.24, 2.45) is 0 Å². The van der Waals surface area contributed by atoms with Gasteiger partial charge in [0, 0.05) is 31.4 Å². The Morgan fingerprint density at radius 3 is 2.79 bits per heavy atom. The van der Waals surface area contributed by atoms with E-state index in [4.69, 9.17) is 9.47 Å². The van der Waals surface area contributed by atoms with E-state index in [9.17, 15) is 4.79 Å². The van der Waals surface area contributed by atoms with E-state index in [1.54, 1.807) is 11.1 Å². The lowest BCUT2D eigenvalue weighted by molar-refractivity contribution is 0.0229. The van der Waals surface area contributed by atoms with Gasteiger partial charge in [0.2, 0.25) is 0 Å². The lowest BCUT2D eigenvalue weighted by Gasteiger charge is -2.32. The van der Waals surface area contributed by atoms with E-state index in [0.717, 1.165) is 59.0 Å². The van der Waals surface area contributed by atoms with Crippen molar-refractivity contribution >= 4 is 23.1 Å². The van der Waals surface area contributed by atoms with Gasteiger partial charge in [-0.2, -0.15) is 0 Å². The van der Waals surface area contributed by atoms with E-state index in [1.165, 1.54) is 5.56 Å². The van der Waals surface area contributed by atoms with Gasteiger partial charge in [0.1, 0.15) is 17.2 Å². The molecule has 1 aromatic heterocycles. The fourth-order valence-corrected chi connectivity index (χ4v) is 4.79. The number of carbonyl (C=O) groups excluding carboxylic acids is 1. The minimum atomic E-state index is -0.556. The molecule has 1 amide bonds. The molecule has 0 radical (unpaired) electrons. The van der Waals surface area contributed by atoms with Gasteiger partial charge in [-0.1, -0.05) is 26.2 Å². The molecular weight excluding hydrogens is 478 g/mol. The number of nitrogens with one attached hydrogen (secondary N) is 2. The number of carbonyl (C=O) groups is 1. The number of benzene rings is 1. The maximum absolute atomic E-state index is 12.7. The lowest BCUT2D eigenvalue weighted by Crippen LogP contribution is -2.37. The van der Waals surface area contributed by atoms with Crippen molar-refractivity contribution in [2.45, 2.75) is 59.6 Å². The number of ether oxygens (including phenoxy) is 2. The zero-order valence-electron chi connectivity index (χ0n) is 23.4. The summed E-state index contributed by atoms with van der Waals surface area (Å²) in [6, 6.07) is 4.29. The van der Waals surface area contributed by atoms with Crippen molar-refractivity contribution in [2.75, 3.05) is 25.0 Å². The maximum atomic E-state index is 12.7. The van der Waals surface area contributed by atoms with Gasteiger partial charge >= 0.3 is 6.09 Å². The third-order valence-electron chi connectivity index (χ3n) is 6.48. The van der Waals surface area contributed by atoms with Crippen molar-refractivity contribution < 1.29 is 14.3 Å². The lowest BCUT2D eigenvalue weighted by atomic mass is 10.0. The number of aromatic nitrogens is 2. The smallest absolute Gasteiger partial charge is 0.410 e. The molecule has 0 saturated carbocycles. The fourth-order valence-electron chi connectivity index (χ4n) is 4.79. The molecule has 2 N–H and O–H groups in total. The molecule has 2 aliphatic heterocycles. The van der Waals surface area contributed by atoms with Crippen molar-refractivity contribution in [3.63, 3.8) is 0 Å². The third-order valence-corrected chi connectivity index (χ3v) is 6.48. The van der Waals surface area contributed by atoms with Crippen LogP contribution in [0.15, 0.2) is 55.1 Å². The number of amides is 1. The number of rotatable bonds is 8. The van der Waals surface area contributed by atoms with Crippen LogP contribution in [0.25, 0.3) is 11.3 Å². The van der Waals surface area contributed by atoms with E-state index in [-0.39, 0.29) is 6.09 Å². The molecule has 0 unspecified atom stereocenters. The summed E-state index contributed by atoms with van der Waals surface area (Å²) in [7, 11) is 1.92. The molecule has 8 nitrogen and oxygen atoms in total. The standard InChI is InChI=1S/C30H39N5O3/c1-9-12-34(29(36)38-30(5,6)7)18-27-32-17-24(33-27)19(3)14-25-20(4)37-26-16-22(23(10-2)31-8)15-21-11-13-35(25)28(21)26/h10,14-17,31H,3-4,9,11-13,18H2,1-2,5-8H3,(H,32,33)/b23-10-,25-14+. The predicted molar refractivity (Wildman–Crippen MR) is 153 cm³/mol. The number of hydrogen-bond acceptors (Lipinski definition) is 6. The summed E-state index contributed by atoms with van der Waals surface area (Å²) in [5.74, 6) is 2.07. The summed E-state index contributed by atoms with van der Waals surface area (Å²) >= 11 is 0. The van der Waals surface area contributed by atoms with Crippen LogP contribution in [0.5, 0.6) is 5.75 Å². The Morgan fingerprint density at radius 1 is 1.37 bits per heavy atom. The molecule has 4 rings (SSSR count). The van der Waals surface area contributed by atoms with Crippen LogP contribution in [-0.4, -0.2) is 46.7 Å². The summed E-state index contributed by atoms with van der Waals surface area (Å²) in [5, 5.41) is 3.25. The van der Waals surface area contributed by atoms with E-state index < -0.39 is 5.60 Å². The number of imidazole rings is 1. The molecule has 8 heteroatoms. The molecule has 202 valence electrons. The van der Waals surface area contributed by atoms with Crippen molar-refractivity contribution in [3.05, 3.63) is 77.7 Å². The topological polar surface area (TPSA) is 82.7 Å². The minimum Gasteiger partial charge on any atom is -0.454 e. The van der Waals surface area contributed by atoms with Crippen molar-refractivity contribution in [1.82, 2.24) is 20.2 Å². The number of anilines is 1. The number of hydrogen-bond donors (Lipinski definition) is 2. The van der Waals surface area contributed by atoms with Crippen LogP contribution < -0.4 is 15.0 Å². The van der Waals surface area contributed by atoms with Gasteiger partial charge < -0.3 is 29.6 Å². The van der Waals surface area contributed by atoms with Crippen LogP contribution in [0.4, 0.5) is 10.5 Å². The van der Waals surface area contributed by atoms with E-state index >= 15 is 0 Å². The first-order chi connectivity index (χ1) is 18.0. The van der Waals surface area contributed by atoms with Crippen molar-refractivity contribution in [3.8, 4) is 5.75 Å². The third kappa shape index (κ3) is 5.64. The van der Waals surface area contributed by atoms with Gasteiger partial charge in [-0.25, -0.2) is 9.78 Å². The van der Waals surface area contributed by atoms with Crippen LogP contribution in [0.2, 0.25) is 0 Å². The SMILES string of the molecule is C=C1Oc2cc(/C(=C/C)NC)cc3c2N(CC3)/C1=C/C(=C)c1cnc(CN(CCC)C(=O)OC(C)(C)C)[nH]1. The second-order valence-corrected chi connectivity index (χ2v) is 10.6. The predicted octanol–water partition coefficient (Wildman–Crippen LogP) is 6.00. The molecule has 0 fully saturated rings. The van der Waals surface area contributed by atoms with E-state index in [2.05, 4.69) is 51.6 Å². The van der Waals surface area contributed by atoms with Crippen molar-refractivity contribution in [1.29, 1.82) is 0 Å². The minimum absolute atomic E-state index is 0.328. The summed E-state index contributed by atoms with van der Waals surface area (Å²) < 4.78 is 11.8. The number of nitrogens with zero attached hydrogens (tertiary/aromatic N) is 3. The van der Waals surface area contributed by atoms with Gasteiger partial charge in [0.25, 0.3) is 0 Å². The summed E-state index contributed by atoms with van der Waals surface area (Å²) in [6.07, 6.45) is 7.17. The number of allylic oxidation sites excluding steroid dienone is 3. The molecule has 3 heterocycles. The normalized spacial score (nSPS) is 15.8. The zero-order chi connectivity index (χ0) is 27.6. The largest absolute Gasteiger partial charge is 0.454 e. The monoisotopic (exact) mass is 517 g/mol. The Balaban J connectivity index is 1.54. The Hall–Kier alpha value is -3.94. The molecule has 0 atom stereocenters. The van der Waals surface area contributed by atoms with Crippen LogP contribution >= 0.6 is 0 Å². The van der Waals surface area contributed by atoms with E-state index in [0.29, 0.717) is 24.7 Å². The molecule has 0 spiro atoms. The van der Waals surface area contributed by atoms with Crippen LogP contribution in [0.1, 0.15) is 63.7 Å². The molecule has 2 aliphatic rings. The Kier molecular flexibility index (Phi) is 7.71. The maximum Gasteiger partial charge on any atom is 0.410 e. The average Bonchev–Trinajstić information content (AvgIpc) is 3.49. The van der Waals surface area contributed by atoms with Gasteiger partial charge in [0.05, 0.1) is 29.8 Å². The molecule has 0 saturated heterocycles. The highest BCUT2D eigenvalue weighted by molar-refractivity contribution is 5.82. The number of H-pyrrole nitrogens is 1. The van der Waals surface area contributed by atoms with Gasteiger partial charge in [-0.15, -0.1) is 0 Å². The van der Waals surface area contributed by atoms with Gasteiger partial charge in [0.15, 0.2) is 5.75 Å². The summed E-state index contributed by atoms with van der Waals surface area (Å²) in [5.41, 5.74) is 6.35. The Morgan fingerprint density at radius 2 is 2.13 bits per heavy atom. The first kappa shape index (κ1) is 27.1. The molecule has 2 aromatic rings. The molecule has 0 bridgehead atoms. The molecule has 38 heavy (non-hydrogen) atoms. The molecule has 0 aliphatic carbocycles. The van der Waals surface area contributed by atoms with Crippen LogP contribution in [0.3, 0.4) is 0 Å². The number of aromatic amines is 1. The summed E-state index contributed by atoms with van der Waals surface area (Å²) in [4.78, 5) is 24.4. The molecule has 1 aromatic carbocycles. The quantitative estimate of drug-likeness (QED) is 0.447. The van der Waals surface area contributed by atoms with Crippen LogP contribution in [-0.2, 0) is 17.7 Å². The van der Waals surface area contributed by atoms with Crippen LogP contribution in [0, 0.1) is 0 Å². The highest BCUT2D eigenvalue weighted by Crippen LogP contribution is 2.47. The highest BCUT2D eigenvalue weighted by Gasteiger charge is 2.33.